The number of sulfonamides is 1. The topological polar surface area (TPSA) is 103 Å². The molecule has 0 amide bonds. The summed E-state index contributed by atoms with van der Waals surface area (Å²) in [5.74, 6) is 0.319. The van der Waals surface area contributed by atoms with Gasteiger partial charge in [0.25, 0.3) is 10.0 Å². The van der Waals surface area contributed by atoms with Gasteiger partial charge in [0.15, 0.2) is 0 Å². The first-order valence-electron chi connectivity index (χ1n) is 6.89. The molecule has 0 saturated carbocycles. The number of hydrogen-bond acceptors (Lipinski definition) is 8. The van der Waals surface area contributed by atoms with Crippen LogP contribution in [0.15, 0.2) is 27.0 Å². The van der Waals surface area contributed by atoms with Gasteiger partial charge in [-0.15, -0.1) is 11.3 Å². The van der Waals surface area contributed by atoms with E-state index in [1.165, 1.54) is 30.9 Å². The van der Waals surface area contributed by atoms with Crippen molar-refractivity contribution in [3.63, 3.8) is 0 Å². The Hall–Kier alpha value is -1.98. The van der Waals surface area contributed by atoms with Gasteiger partial charge in [-0.05, 0) is 35.0 Å². The molecule has 0 aliphatic rings. The van der Waals surface area contributed by atoms with Crippen LogP contribution in [0.2, 0.25) is 0 Å². The van der Waals surface area contributed by atoms with E-state index in [2.05, 4.69) is 35.6 Å². The molecule has 0 bridgehead atoms. The average molecular weight is 445 g/mol. The van der Waals surface area contributed by atoms with E-state index < -0.39 is 10.0 Å². The number of ether oxygens (including phenoxy) is 2. The minimum absolute atomic E-state index is 0.106. The van der Waals surface area contributed by atoms with Gasteiger partial charge < -0.3 is 9.47 Å². The van der Waals surface area contributed by atoms with Crippen LogP contribution in [0.25, 0.3) is 10.2 Å². The Morgan fingerprint density at radius 2 is 1.76 bits per heavy atom. The van der Waals surface area contributed by atoms with Crippen LogP contribution in [-0.2, 0) is 10.0 Å². The highest BCUT2D eigenvalue weighted by atomic mass is 79.9. The molecule has 1 N–H and O–H groups in total. The number of pyridine rings is 1. The predicted molar refractivity (Wildman–Crippen MR) is 98.0 cm³/mol. The summed E-state index contributed by atoms with van der Waals surface area (Å²) in [6, 6.07) is 3.37. The smallest absolute Gasteiger partial charge is 0.265 e. The molecular formula is C14H13BrN4O4S2. The summed E-state index contributed by atoms with van der Waals surface area (Å²) >= 11 is 4.50. The van der Waals surface area contributed by atoms with Crippen molar-refractivity contribution in [3.8, 4) is 11.8 Å². The Labute approximate surface area is 156 Å². The molecule has 11 heteroatoms. The molecule has 0 aliphatic heterocycles. The van der Waals surface area contributed by atoms with E-state index in [9.17, 15) is 8.42 Å². The summed E-state index contributed by atoms with van der Waals surface area (Å²) in [6.07, 6.45) is 0. The van der Waals surface area contributed by atoms with E-state index in [-0.39, 0.29) is 22.6 Å². The van der Waals surface area contributed by atoms with Gasteiger partial charge in [0, 0.05) is 10.8 Å². The second-order valence-electron chi connectivity index (χ2n) is 4.88. The first kappa shape index (κ1) is 17.8. The standard InChI is InChI=1S/C14H13BrN4O4S2/c1-7-11(22-2)17-14(18-12(7)23-3)19-25(20,21)9-6-24-13-8(9)4-5-10(15)16-13/h4-6H,1-3H3,(H,17,18,19). The highest BCUT2D eigenvalue weighted by Crippen LogP contribution is 2.31. The van der Waals surface area contributed by atoms with Crippen molar-refractivity contribution in [2.24, 2.45) is 0 Å². The number of thiophene rings is 1. The van der Waals surface area contributed by atoms with E-state index in [1.54, 1.807) is 19.1 Å². The average Bonchev–Trinajstić information content (AvgIpc) is 2.99. The zero-order valence-corrected chi connectivity index (χ0v) is 16.6. The second-order valence-corrected chi connectivity index (χ2v) is 8.20. The molecule has 0 unspecified atom stereocenters. The van der Waals surface area contributed by atoms with Crippen molar-refractivity contribution in [3.05, 3.63) is 27.7 Å². The number of nitrogens with zero attached hydrogens (tertiary/aromatic N) is 3. The van der Waals surface area contributed by atoms with Gasteiger partial charge in [0.05, 0.1) is 19.8 Å². The summed E-state index contributed by atoms with van der Waals surface area (Å²) in [6.45, 7) is 1.71. The largest absolute Gasteiger partial charge is 0.481 e. The second kappa shape index (κ2) is 6.73. The van der Waals surface area contributed by atoms with Crippen molar-refractivity contribution >= 4 is 53.5 Å². The van der Waals surface area contributed by atoms with Gasteiger partial charge >= 0.3 is 0 Å². The summed E-state index contributed by atoms with van der Waals surface area (Å²) in [7, 11) is -1.04. The molecule has 0 fully saturated rings. The normalized spacial score (nSPS) is 11.5. The molecule has 0 saturated heterocycles. The zero-order valence-electron chi connectivity index (χ0n) is 13.4. The van der Waals surface area contributed by atoms with E-state index in [1.807, 2.05) is 0 Å². The highest BCUT2D eigenvalue weighted by Gasteiger charge is 2.22. The molecule has 3 rings (SSSR count). The van der Waals surface area contributed by atoms with Crippen molar-refractivity contribution in [2.45, 2.75) is 11.8 Å². The maximum Gasteiger partial charge on any atom is 0.265 e. The van der Waals surface area contributed by atoms with Gasteiger partial charge in [0.1, 0.15) is 14.3 Å². The van der Waals surface area contributed by atoms with E-state index in [0.717, 1.165) is 0 Å². The Morgan fingerprint density at radius 3 is 2.36 bits per heavy atom. The van der Waals surface area contributed by atoms with Crippen LogP contribution >= 0.6 is 27.3 Å². The number of hydrogen-bond donors (Lipinski definition) is 1. The molecule has 3 aromatic heterocycles. The lowest BCUT2D eigenvalue weighted by molar-refractivity contribution is 0.367. The fourth-order valence-corrected chi connectivity index (χ4v) is 5.01. The maximum atomic E-state index is 12.7. The lowest BCUT2D eigenvalue weighted by Gasteiger charge is -2.11. The van der Waals surface area contributed by atoms with Crippen LogP contribution in [0, 0.1) is 6.92 Å². The van der Waals surface area contributed by atoms with Crippen molar-refractivity contribution in [1.82, 2.24) is 15.0 Å². The van der Waals surface area contributed by atoms with Crippen LogP contribution in [0.4, 0.5) is 5.95 Å². The quantitative estimate of drug-likeness (QED) is 0.603. The summed E-state index contributed by atoms with van der Waals surface area (Å²) in [4.78, 5) is 13.1. The first-order valence-corrected chi connectivity index (χ1v) is 10.0. The van der Waals surface area contributed by atoms with Crippen LogP contribution in [0.5, 0.6) is 11.8 Å². The molecule has 0 atom stereocenters. The number of aromatic nitrogens is 3. The summed E-state index contributed by atoms with van der Waals surface area (Å²) in [5.41, 5.74) is 0.572. The Kier molecular flexibility index (Phi) is 4.80. The van der Waals surface area contributed by atoms with Gasteiger partial charge in [-0.3, -0.25) is 0 Å². The Balaban J connectivity index is 2.04. The van der Waals surface area contributed by atoms with Crippen LogP contribution < -0.4 is 14.2 Å². The summed E-state index contributed by atoms with van der Waals surface area (Å²) < 4.78 is 38.8. The fourth-order valence-electron chi connectivity index (χ4n) is 2.17. The maximum absolute atomic E-state index is 12.7. The fraction of sp³-hybridized carbons (Fsp3) is 0.214. The van der Waals surface area contributed by atoms with Gasteiger partial charge in [-0.2, -0.15) is 9.97 Å². The molecule has 25 heavy (non-hydrogen) atoms. The lowest BCUT2D eigenvalue weighted by Crippen LogP contribution is -2.15. The molecule has 3 heterocycles. The zero-order chi connectivity index (χ0) is 18.2. The van der Waals surface area contributed by atoms with Gasteiger partial charge in [-0.1, -0.05) is 0 Å². The van der Waals surface area contributed by atoms with Gasteiger partial charge in [0.2, 0.25) is 17.7 Å². The number of anilines is 1. The molecule has 0 aliphatic carbocycles. The van der Waals surface area contributed by atoms with E-state index in [4.69, 9.17) is 9.47 Å². The molecule has 8 nitrogen and oxygen atoms in total. The third-order valence-electron chi connectivity index (χ3n) is 3.33. The number of methoxy groups -OCH3 is 2. The Bertz CT molecular complexity index is 1030. The highest BCUT2D eigenvalue weighted by molar-refractivity contribution is 9.10. The van der Waals surface area contributed by atoms with Crippen LogP contribution in [0.3, 0.4) is 0 Å². The molecule has 0 aromatic carbocycles. The third kappa shape index (κ3) is 3.39. The monoisotopic (exact) mass is 444 g/mol. The number of fused-ring (bicyclic) bond motifs is 1. The minimum atomic E-state index is -3.90. The number of halogens is 1. The van der Waals surface area contributed by atoms with Crippen molar-refractivity contribution < 1.29 is 17.9 Å². The minimum Gasteiger partial charge on any atom is -0.481 e. The number of nitrogens with one attached hydrogen (secondary N) is 1. The molecule has 0 radical (unpaired) electrons. The molecular weight excluding hydrogens is 432 g/mol. The van der Waals surface area contributed by atoms with Gasteiger partial charge in [-0.25, -0.2) is 18.1 Å². The Morgan fingerprint density at radius 1 is 1.12 bits per heavy atom. The number of rotatable bonds is 5. The SMILES string of the molecule is COc1nc(NS(=O)(=O)c2csc3nc(Br)ccc23)nc(OC)c1C. The first-order chi connectivity index (χ1) is 11.9. The molecule has 3 aromatic rings. The van der Waals surface area contributed by atoms with E-state index >= 15 is 0 Å². The predicted octanol–water partition coefficient (Wildman–Crippen LogP) is 2.98. The van der Waals surface area contributed by atoms with Crippen LogP contribution in [0.1, 0.15) is 5.56 Å². The lowest BCUT2D eigenvalue weighted by atomic mass is 10.3. The third-order valence-corrected chi connectivity index (χ3v) is 6.17. The van der Waals surface area contributed by atoms with Crippen molar-refractivity contribution in [2.75, 3.05) is 18.9 Å². The summed E-state index contributed by atoms with van der Waals surface area (Å²) in [5, 5.41) is 2.04. The molecule has 0 spiro atoms. The molecule has 132 valence electrons. The van der Waals surface area contributed by atoms with E-state index in [0.29, 0.717) is 20.4 Å². The van der Waals surface area contributed by atoms with Crippen LogP contribution in [-0.4, -0.2) is 37.6 Å². The van der Waals surface area contributed by atoms with Crippen molar-refractivity contribution in [1.29, 1.82) is 0 Å².